The fraction of sp³-hybridized carbons (Fsp3) is 0.267. The van der Waals surface area contributed by atoms with Crippen molar-refractivity contribution in [1.82, 2.24) is 4.90 Å². The molecule has 3 aromatic carbocycles. The zero-order valence-electron chi connectivity index (χ0n) is 22.6. The van der Waals surface area contributed by atoms with Gasteiger partial charge in [0.1, 0.15) is 29.9 Å². The fourth-order valence-corrected chi connectivity index (χ4v) is 4.67. The summed E-state index contributed by atoms with van der Waals surface area (Å²) >= 11 is 0. The van der Waals surface area contributed by atoms with E-state index in [0.29, 0.717) is 28.4 Å². The summed E-state index contributed by atoms with van der Waals surface area (Å²) in [5.74, 6) is -2.46. The van der Waals surface area contributed by atoms with E-state index >= 15 is 0 Å². The van der Waals surface area contributed by atoms with E-state index in [1.165, 1.54) is 49.5 Å². The lowest BCUT2D eigenvalue weighted by Gasteiger charge is -2.35. The molecule has 1 heterocycles. The van der Waals surface area contributed by atoms with Gasteiger partial charge in [0.25, 0.3) is 11.7 Å². The minimum absolute atomic E-state index is 0.0350. The van der Waals surface area contributed by atoms with Crippen molar-refractivity contribution in [3.8, 4) is 11.5 Å². The summed E-state index contributed by atoms with van der Waals surface area (Å²) in [5, 5.41) is 2.84. The lowest BCUT2D eigenvalue weighted by Crippen LogP contribution is -2.53. The van der Waals surface area contributed by atoms with Crippen molar-refractivity contribution in [2.75, 3.05) is 31.0 Å². The molecule has 3 amide bonds. The van der Waals surface area contributed by atoms with Gasteiger partial charge in [0.05, 0.1) is 31.2 Å². The number of nitrogens with zero attached hydrogens (tertiary/aromatic N) is 2. The van der Waals surface area contributed by atoms with Gasteiger partial charge in [-0.15, -0.1) is 0 Å². The van der Waals surface area contributed by atoms with Crippen LogP contribution in [0.25, 0.3) is 0 Å². The summed E-state index contributed by atoms with van der Waals surface area (Å²) in [6.07, 6.45) is 0. The SMILES string of the molecule is COc1ccc(NC(=O)C(C(C)C)N(Cc2ccc(F)cc2)C(=O)CN2C(=O)C(=O)c3ccccc32)c(OC)c1. The minimum Gasteiger partial charge on any atom is -0.497 e. The maximum Gasteiger partial charge on any atom is 0.299 e. The number of nitrogens with one attached hydrogen (secondary N) is 1. The third-order valence-electron chi connectivity index (χ3n) is 6.66. The number of amides is 3. The lowest BCUT2D eigenvalue weighted by molar-refractivity contribution is -0.140. The van der Waals surface area contributed by atoms with Gasteiger partial charge in [-0.2, -0.15) is 0 Å². The highest BCUT2D eigenvalue weighted by atomic mass is 19.1. The van der Waals surface area contributed by atoms with Crippen molar-refractivity contribution in [3.05, 3.63) is 83.7 Å². The average molecular weight is 548 g/mol. The average Bonchev–Trinajstić information content (AvgIpc) is 3.18. The molecule has 10 heteroatoms. The Morgan fingerprint density at radius 2 is 1.68 bits per heavy atom. The van der Waals surface area contributed by atoms with Crippen molar-refractivity contribution in [2.24, 2.45) is 5.92 Å². The summed E-state index contributed by atoms with van der Waals surface area (Å²) in [6, 6.07) is 15.9. The molecular weight excluding hydrogens is 517 g/mol. The number of carbonyl (C=O) groups excluding carboxylic acids is 4. The second-order valence-corrected chi connectivity index (χ2v) is 9.63. The molecule has 0 aliphatic carbocycles. The maximum absolute atomic E-state index is 13.9. The molecule has 0 bridgehead atoms. The lowest BCUT2D eigenvalue weighted by atomic mass is 10.00. The zero-order valence-corrected chi connectivity index (χ0v) is 22.6. The van der Waals surface area contributed by atoms with Crippen molar-refractivity contribution in [1.29, 1.82) is 0 Å². The number of hydrogen-bond donors (Lipinski definition) is 1. The Bertz CT molecular complexity index is 1440. The van der Waals surface area contributed by atoms with Gasteiger partial charge in [-0.05, 0) is 47.9 Å². The number of para-hydroxylation sites is 1. The number of ketones is 1. The molecule has 1 aliphatic rings. The zero-order chi connectivity index (χ0) is 29.0. The second kappa shape index (κ2) is 12.0. The first-order valence-electron chi connectivity index (χ1n) is 12.7. The molecular formula is C30H30FN3O6. The van der Waals surface area contributed by atoms with Crippen LogP contribution in [0.5, 0.6) is 11.5 Å². The second-order valence-electron chi connectivity index (χ2n) is 9.63. The van der Waals surface area contributed by atoms with Crippen LogP contribution >= 0.6 is 0 Å². The van der Waals surface area contributed by atoms with E-state index in [-0.39, 0.29) is 18.0 Å². The van der Waals surface area contributed by atoms with E-state index in [4.69, 9.17) is 9.47 Å². The van der Waals surface area contributed by atoms with Gasteiger partial charge < -0.3 is 19.7 Å². The number of hydrogen-bond acceptors (Lipinski definition) is 6. The van der Waals surface area contributed by atoms with Gasteiger partial charge >= 0.3 is 0 Å². The Morgan fingerprint density at radius 3 is 2.33 bits per heavy atom. The van der Waals surface area contributed by atoms with Crippen molar-refractivity contribution < 1.29 is 33.0 Å². The summed E-state index contributed by atoms with van der Waals surface area (Å²) in [4.78, 5) is 55.4. The summed E-state index contributed by atoms with van der Waals surface area (Å²) in [5.41, 5.74) is 1.51. The first-order chi connectivity index (χ1) is 19.1. The molecule has 1 atom stereocenters. The van der Waals surface area contributed by atoms with Crippen LogP contribution in [-0.2, 0) is 20.9 Å². The summed E-state index contributed by atoms with van der Waals surface area (Å²) in [7, 11) is 2.97. The van der Waals surface area contributed by atoms with Gasteiger partial charge in [0, 0.05) is 12.6 Å². The molecule has 1 aliphatic heterocycles. The van der Waals surface area contributed by atoms with Crippen LogP contribution in [0.1, 0.15) is 29.8 Å². The number of rotatable bonds is 10. The highest BCUT2D eigenvalue weighted by molar-refractivity contribution is 6.52. The van der Waals surface area contributed by atoms with E-state index in [9.17, 15) is 23.6 Å². The summed E-state index contributed by atoms with van der Waals surface area (Å²) < 4.78 is 24.2. The smallest absolute Gasteiger partial charge is 0.299 e. The Kier molecular flexibility index (Phi) is 8.47. The molecule has 0 radical (unpaired) electrons. The number of methoxy groups -OCH3 is 2. The predicted octanol–water partition coefficient (Wildman–Crippen LogP) is 4.06. The third kappa shape index (κ3) is 5.80. The topological polar surface area (TPSA) is 105 Å². The van der Waals surface area contributed by atoms with Crippen LogP contribution in [-0.4, -0.2) is 55.2 Å². The van der Waals surface area contributed by atoms with Crippen LogP contribution in [0.3, 0.4) is 0 Å². The molecule has 0 saturated carbocycles. The standard InChI is InChI=1S/C30H30FN3O6/c1-18(2)27(29(37)32-23-14-13-21(39-3)15-25(23)40-4)34(16-19-9-11-20(31)12-10-19)26(35)17-33-24-8-6-5-7-22(24)28(36)30(33)38/h5-15,18,27H,16-17H2,1-4H3,(H,32,37). The van der Waals surface area contributed by atoms with Crippen molar-refractivity contribution in [3.63, 3.8) is 0 Å². The Balaban J connectivity index is 1.67. The maximum atomic E-state index is 13.9. The van der Waals surface area contributed by atoms with Gasteiger partial charge in [0.2, 0.25) is 11.8 Å². The van der Waals surface area contributed by atoms with Gasteiger partial charge in [-0.3, -0.25) is 24.1 Å². The van der Waals surface area contributed by atoms with E-state index < -0.39 is 41.9 Å². The van der Waals surface area contributed by atoms with Crippen molar-refractivity contribution in [2.45, 2.75) is 26.4 Å². The third-order valence-corrected chi connectivity index (χ3v) is 6.66. The first-order valence-corrected chi connectivity index (χ1v) is 12.7. The molecule has 9 nitrogen and oxygen atoms in total. The van der Waals surface area contributed by atoms with Crippen LogP contribution in [0, 0.1) is 11.7 Å². The molecule has 3 aromatic rings. The van der Waals surface area contributed by atoms with Gasteiger partial charge in [-0.25, -0.2) is 4.39 Å². The molecule has 208 valence electrons. The number of halogens is 1. The van der Waals surface area contributed by atoms with E-state index in [2.05, 4.69) is 5.32 Å². The molecule has 0 spiro atoms. The molecule has 1 N–H and O–H groups in total. The number of ether oxygens (including phenoxy) is 2. The summed E-state index contributed by atoms with van der Waals surface area (Å²) in [6.45, 7) is 3.10. The highest BCUT2D eigenvalue weighted by Gasteiger charge is 2.39. The fourth-order valence-electron chi connectivity index (χ4n) is 4.67. The molecule has 0 aromatic heterocycles. The molecule has 4 rings (SSSR count). The van der Waals surface area contributed by atoms with Gasteiger partial charge in [-0.1, -0.05) is 38.1 Å². The first kappa shape index (κ1) is 28.3. The Morgan fingerprint density at radius 1 is 0.975 bits per heavy atom. The van der Waals surface area contributed by atoms with E-state index in [0.717, 1.165) is 4.90 Å². The Labute approximate surface area is 231 Å². The van der Waals surface area contributed by atoms with E-state index in [1.54, 1.807) is 50.2 Å². The normalized spacial score (nSPS) is 13.2. The number of benzene rings is 3. The molecule has 1 unspecified atom stereocenters. The number of Topliss-reactive ketones (excluding diaryl/α,β-unsaturated/α-hetero) is 1. The monoisotopic (exact) mass is 547 g/mol. The van der Waals surface area contributed by atoms with Crippen LogP contribution in [0.4, 0.5) is 15.8 Å². The highest BCUT2D eigenvalue weighted by Crippen LogP contribution is 2.31. The van der Waals surface area contributed by atoms with E-state index in [1.807, 2.05) is 0 Å². The number of fused-ring (bicyclic) bond motifs is 1. The van der Waals surface area contributed by atoms with Crippen molar-refractivity contribution >= 4 is 34.9 Å². The quantitative estimate of drug-likeness (QED) is 0.384. The van der Waals surface area contributed by atoms with Gasteiger partial charge in [0.15, 0.2) is 0 Å². The molecule has 0 saturated heterocycles. The van der Waals surface area contributed by atoms with Crippen LogP contribution in [0.15, 0.2) is 66.7 Å². The Hall–Kier alpha value is -4.73. The van der Waals surface area contributed by atoms with Crippen LogP contribution in [0.2, 0.25) is 0 Å². The molecule has 0 fully saturated rings. The van der Waals surface area contributed by atoms with Crippen LogP contribution < -0.4 is 19.7 Å². The molecule has 40 heavy (non-hydrogen) atoms. The predicted molar refractivity (Wildman–Crippen MR) is 147 cm³/mol. The number of carbonyl (C=O) groups is 4. The minimum atomic E-state index is -0.993. The number of anilines is 2. The largest absolute Gasteiger partial charge is 0.497 e.